The minimum atomic E-state index is -0.130. The molecule has 0 atom stereocenters. The molecular formula is C12H12O2. The normalized spacial score (nSPS) is 16.8. The second-order valence-electron chi connectivity index (χ2n) is 3.45. The Hall–Kier alpha value is -1.57. The van der Waals surface area contributed by atoms with Crippen molar-refractivity contribution in [3.63, 3.8) is 0 Å². The first-order valence-electron chi connectivity index (χ1n) is 4.73. The van der Waals surface area contributed by atoms with Gasteiger partial charge in [0.25, 0.3) is 0 Å². The summed E-state index contributed by atoms with van der Waals surface area (Å²) in [7, 11) is 0. The van der Waals surface area contributed by atoms with E-state index in [1.165, 1.54) is 0 Å². The lowest BCUT2D eigenvalue weighted by Crippen LogP contribution is -2.10. The van der Waals surface area contributed by atoms with E-state index in [0.717, 1.165) is 23.3 Å². The van der Waals surface area contributed by atoms with Crippen LogP contribution in [-0.2, 0) is 9.53 Å². The van der Waals surface area contributed by atoms with Gasteiger partial charge < -0.3 is 4.74 Å². The molecule has 0 unspecified atom stereocenters. The summed E-state index contributed by atoms with van der Waals surface area (Å²) in [4.78, 5) is 11.1. The number of cyclic esters (lactones) is 1. The zero-order valence-electron chi connectivity index (χ0n) is 8.12. The van der Waals surface area contributed by atoms with Crippen LogP contribution in [0, 0.1) is 0 Å². The standard InChI is InChI=1S/C12H12O2/c1-9-7-8-11(13)14-12(9)10-5-3-2-4-6-10/h2-6H,7-8H2,1H3. The Morgan fingerprint density at radius 3 is 2.57 bits per heavy atom. The van der Waals surface area contributed by atoms with Crippen molar-refractivity contribution in [2.45, 2.75) is 19.8 Å². The molecule has 0 spiro atoms. The third-order valence-electron chi connectivity index (χ3n) is 2.34. The highest BCUT2D eigenvalue weighted by Gasteiger charge is 2.18. The first-order chi connectivity index (χ1) is 6.77. The van der Waals surface area contributed by atoms with E-state index in [1.807, 2.05) is 37.3 Å². The van der Waals surface area contributed by atoms with Gasteiger partial charge in [-0.25, -0.2) is 0 Å². The molecule has 0 amide bonds. The monoisotopic (exact) mass is 188 g/mol. The van der Waals surface area contributed by atoms with Crippen molar-refractivity contribution in [3.05, 3.63) is 41.5 Å². The van der Waals surface area contributed by atoms with E-state index in [2.05, 4.69) is 0 Å². The van der Waals surface area contributed by atoms with Crippen molar-refractivity contribution in [2.24, 2.45) is 0 Å². The number of carbonyl (C=O) groups excluding carboxylic acids is 1. The fourth-order valence-corrected chi connectivity index (χ4v) is 1.55. The summed E-state index contributed by atoms with van der Waals surface area (Å²) in [5, 5.41) is 0. The van der Waals surface area contributed by atoms with Crippen LogP contribution in [0.1, 0.15) is 25.3 Å². The highest BCUT2D eigenvalue weighted by atomic mass is 16.5. The summed E-state index contributed by atoms with van der Waals surface area (Å²) in [6.07, 6.45) is 1.31. The predicted molar refractivity (Wildman–Crippen MR) is 54.4 cm³/mol. The number of hydrogen-bond donors (Lipinski definition) is 0. The summed E-state index contributed by atoms with van der Waals surface area (Å²) in [5.41, 5.74) is 2.13. The maximum Gasteiger partial charge on any atom is 0.311 e. The van der Waals surface area contributed by atoms with Gasteiger partial charge in [0.1, 0.15) is 5.76 Å². The van der Waals surface area contributed by atoms with Gasteiger partial charge in [-0.15, -0.1) is 0 Å². The number of carbonyl (C=O) groups is 1. The summed E-state index contributed by atoms with van der Waals surface area (Å²) in [5.74, 6) is 0.608. The summed E-state index contributed by atoms with van der Waals surface area (Å²) in [6.45, 7) is 2.01. The second kappa shape index (κ2) is 3.66. The molecule has 0 aromatic heterocycles. The molecule has 1 aromatic rings. The second-order valence-corrected chi connectivity index (χ2v) is 3.45. The van der Waals surface area contributed by atoms with Crippen LogP contribution >= 0.6 is 0 Å². The highest BCUT2D eigenvalue weighted by Crippen LogP contribution is 2.27. The topological polar surface area (TPSA) is 26.3 Å². The van der Waals surface area contributed by atoms with E-state index < -0.39 is 0 Å². The Labute approximate surface area is 83.2 Å². The van der Waals surface area contributed by atoms with Gasteiger partial charge in [-0.3, -0.25) is 4.79 Å². The van der Waals surface area contributed by atoms with E-state index in [1.54, 1.807) is 0 Å². The van der Waals surface area contributed by atoms with Crippen molar-refractivity contribution in [3.8, 4) is 0 Å². The Morgan fingerprint density at radius 1 is 1.14 bits per heavy atom. The van der Waals surface area contributed by atoms with Crippen LogP contribution < -0.4 is 0 Å². The zero-order chi connectivity index (χ0) is 9.97. The van der Waals surface area contributed by atoms with Gasteiger partial charge in [-0.2, -0.15) is 0 Å². The van der Waals surface area contributed by atoms with E-state index >= 15 is 0 Å². The van der Waals surface area contributed by atoms with Gasteiger partial charge >= 0.3 is 5.97 Å². The molecule has 1 heterocycles. The molecule has 0 radical (unpaired) electrons. The van der Waals surface area contributed by atoms with Crippen LogP contribution in [0.5, 0.6) is 0 Å². The van der Waals surface area contributed by atoms with E-state index in [4.69, 9.17) is 4.74 Å². The van der Waals surface area contributed by atoms with Gasteiger partial charge in [0.15, 0.2) is 0 Å². The van der Waals surface area contributed by atoms with Crippen molar-refractivity contribution in [1.29, 1.82) is 0 Å². The number of ether oxygens (including phenoxy) is 1. The van der Waals surface area contributed by atoms with Crippen molar-refractivity contribution < 1.29 is 9.53 Å². The van der Waals surface area contributed by atoms with E-state index in [-0.39, 0.29) is 5.97 Å². The molecule has 1 aliphatic rings. The quantitative estimate of drug-likeness (QED) is 0.633. The van der Waals surface area contributed by atoms with Crippen LogP contribution in [0.15, 0.2) is 35.9 Å². The Balaban J connectivity index is 2.38. The fourth-order valence-electron chi connectivity index (χ4n) is 1.55. The van der Waals surface area contributed by atoms with E-state index in [9.17, 15) is 4.79 Å². The molecule has 0 saturated heterocycles. The smallest absolute Gasteiger partial charge is 0.311 e. The fraction of sp³-hybridized carbons (Fsp3) is 0.250. The van der Waals surface area contributed by atoms with Gasteiger partial charge in [-0.1, -0.05) is 30.3 Å². The maximum absolute atomic E-state index is 11.1. The number of benzene rings is 1. The number of allylic oxidation sites excluding steroid dienone is 1. The van der Waals surface area contributed by atoms with Crippen LogP contribution in [0.2, 0.25) is 0 Å². The predicted octanol–water partition coefficient (Wildman–Crippen LogP) is 2.75. The average Bonchev–Trinajstić information content (AvgIpc) is 2.23. The van der Waals surface area contributed by atoms with Crippen molar-refractivity contribution >= 4 is 11.7 Å². The molecule has 72 valence electrons. The van der Waals surface area contributed by atoms with Gasteiger partial charge in [0, 0.05) is 12.0 Å². The number of rotatable bonds is 1. The molecule has 0 aliphatic carbocycles. The van der Waals surface area contributed by atoms with Crippen molar-refractivity contribution in [1.82, 2.24) is 0 Å². The Kier molecular flexibility index (Phi) is 2.35. The summed E-state index contributed by atoms with van der Waals surface area (Å²) >= 11 is 0. The Morgan fingerprint density at radius 2 is 1.86 bits per heavy atom. The van der Waals surface area contributed by atoms with Gasteiger partial charge in [0.2, 0.25) is 0 Å². The molecule has 2 heteroatoms. The van der Waals surface area contributed by atoms with Crippen LogP contribution in [0.4, 0.5) is 0 Å². The lowest BCUT2D eigenvalue weighted by Gasteiger charge is -2.17. The molecule has 0 saturated carbocycles. The zero-order valence-corrected chi connectivity index (χ0v) is 8.12. The van der Waals surface area contributed by atoms with Crippen LogP contribution in [-0.4, -0.2) is 5.97 Å². The molecule has 2 rings (SSSR count). The minimum Gasteiger partial charge on any atom is -0.426 e. The summed E-state index contributed by atoms with van der Waals surface area (Å²) < 4.78 is 5.23. The van der Waals surface area contributed by atoms with E-state index in [0.29, 0.717) is 6.42 Å². The molecule has 0 bridgehead atoms. The number of hydrogen-bond acceptors (Lipinski definition) is 2. The molecule has 0 fully saturated rings. The highest BCUT2D eigenvalue weighted by molar-refractivity contribution is 5.81. The number of esters is 1. The van der Waals surface area contributed by atoms with Gasteiger partial charge in [-0.05, 0) is 18.9 Å². The van der Waals surface area contributed by atoms with Gasteiger partial charge in [0.05, 0.1) is 0 Å². The Bertz CT molecular complexity index is 377. The third-order valence-corrected chi connectivity index (χ3v) is 2.34. The largest absolute Gasteiger partial charge is 0.426 e. The average molecular weight is 188 g/mol. The first-order valence-corrected chi connectivity index (χ1v) is 4.73. The maximum atomic E-state index is 11.1. The third kappa shape index (κ3) is 1.69. The lowest BCUT2D eigenvalue weighted by atomic mass is 10.0. The SMILES string of the molecule is CC1=C(c2ccccc2)OC(=O)CC1. The molecule has 1 aromatic carbocycles. The minimum absolute atomic E-state index is 0.130. The lowest BCUT2D eigenvalue weighted by molar-refractivity contribution is -0.137. The molecular weight excluding hydrogens is 176 g/mol. The molecule has 1 aliphatic heterocycles. The van der Waals surface area contributed by atoms with Crippen molar-refractivity contribution in [2.75, 3.05) is 0 Å². The molecule has 0 N–H and O–H groups in total. The summed E-state index contributed by atoms with van der Waals surface area (Å²) in [6, 6.07) is 9.75. The van der Waals surface area contributed by atoms with Crippen LogP contribution in [0.25, 0.3) is 5.76 Å². The molecule has 2 nitrogen and oxygen atoms in total. The van der Waals surface area contributed by atoms with Crippen LogP contribution in [0.3, 0.4) is 0 Å². The molecule has 14 heavy (non-hydrogen) atoms. The first kappa shape index (κ1) is 9.00.